The van der Waals surface area contributed by atoms with Crippen LogP contribution in [-0.4, -0.2) is 30.1 Å². The van der Waals surface area contributed by atoms with Gasteiger partial charge in [0.1, 0.15) is 0 Å². The molecular weight excluding hydrogens is 184 g/mol. The Morgan fingerprint density at radius 1 is 1.20 bits per heavy atom. The molecular formula is C13H26N2. The first-order valence-electron chi connectivity index (χ1n) is 6.68. The fourth-order valence-electron chi connectivity index (χ4n) is 3.38. The minimum Gasteiger partial charge on any atom is -0.328 e. The van der Waals surface area contributed by atoms with Crippen molar-refractivity contribution in [2.45, 2.75) is 58.0 Å². The van der Waals surface area contributed by atoms with Crippen LogP contribution in [-0.2, 0) is 0 Å². The monoisotopic (exact) mass is 210 g/mol. The summed E-state index contributed by atoms with van der Waals surface area (Å²) in [6.07, 6.45) is 7.06. The van der Waals surface area contributed by atoms with Crippen LogP contribution < -0.4 is 5.73 Å². The second kappa shape index (κ2) is 4.84. The van der Waals surface area contributed by atoms with Crippen LogP contribution in [0.2, 0.25) is 0 Å². The summed E-state index contributed by atoms with van der Waals surface area (Å²) in [5.41, 5.74) is 6.00. The predicted molar refractivity (Wildman–Crippen MR) is 64.7 cm³/mol. The molecule has 2 rings (SSSR count). The quantitative estimate of drug-likeness (QED) is 0.757. The zero-order valence-corrected chi connectivity index (χ0v) is 10.3. The van der Waals surface area contributed by atoms with E-state index in [1.165, 1.54) is 45.2 Å². The molecule has 1 saturated heterocycles. The van der Waals surface area contributed by atoms with E-state index < -0.39 is 0 Å². The van der Waals surface area contributed by atoms with Gasteiger partial charge in [-0.25, -0.2) is 0 Å². The lowest BCUT2D eigenvalue weighted by Gasteiger charge is -2.36. The average Bonchev–Trinajstić information content (AvgIpc) is 2.67. The van der Waals surface area contributed by atoms with Crippen LogP contribution in [0, 0.1) is 11.8 Å². The Kier molecular flexibility index (Phi) is 3.68. The Labute approximate surface area is 94.2 Å². The topological polar surface area (TPSA) is 29.3 Å². The lowest BCUT2D eigenvalue weighted by molar-refractivity contribution is 0.133. The van der Waals surface area contributed by atoms with Crippen molar-refractivity contribution >= 4 is 0 Å². The van der Waals surface area contributed by atoms with Crippen molar-refractivity contribution in [1.82, 2.24) is 4.90 Å². The molecule has 2 aliphatic rings. The van der Waals surface area contributed by atoms with E-state index in [0.717, 1.165) is 17.9 Å². The van der Waals surface area contributed by atoms with Gasteiger partial charge in [-0.1, -0.05) is 19.8 Å². The highest BCUT2D eigenvalue weighted by atomic mass is 15.2. The highest BCUT2D eigenvalue weighted by molar-refractivity contribution is 4.88. The maximum absolute atomic E-state index is 6.00. The molecule has 0 aromatic carbocycles. The molecule has 0 spiro atoms. The van der Waals surface area contributed by atoms with Crippen molar-refractivity contribution in [2.24, 2.45) is 17.6 Å². The summed E-state index contributed by atoms with van der Waals surface area (Å²) in [4.78, 5) is 2.72. The van der Waals surface area contributed by atoms with Crippen LogP contribution in [0.5, 0.6) is 0 Å². The van der Waals surface area contributed by atoms with E-state index in [1.807, 2.05) is 0 Å². The Bertz CT molecular complexity index is 203. The second-order valence-corrected chi connectivity index (χ2v) is 5.73. The molecule has 2 N–H and O–H groups in total. The van der Waals surface area contributed by atoms with Crippen molar-refractivity contribution in [1.29, 1.82) is 0 Å². The largest absolute Gasteiger partial charge is 0.328 e. The van der Waals surface area contributed by atoms with Gasteiger partial charge in [-0.2, -0.15) is 0 Å². The van der Waals surface area contributed by atoms with Gasteiger partial charge in [0.15, 0.2) is 0 Å². The van der Waals surface area contributed by atoms with E-state index in [0.29, 0.717) is 6.04 Å². The minimum absolute atomic E-state index is 0.383. The first-order valence-corrected chi connectivity index (χ1v) is 6.68. The predicted octanol–water partition coefficient (Wildman–Crippen LogP) is 2.23. The third-order valence-electron chi connectivity index (χ3n) is 4.53. The standard InChI is InChI=1S/C13H26N2/c1-10-5-3-4-6-13(10)15-8-7-12(9-15)11(2)14/h10-13H,3-9,14H2,1-2H3. The number of likely N-dealkylation sites (tertiary alicyclic amines) is 1. The molecule has 0 amide bonds. The third-order valence-corrected chi connectivity index (χ3v) is 4.53. The summed E-state index contributed by atoms with van der Waals surface area (Å²) in [6, 6.07) is 1.25. The van der Waals surface area contributed by atoms with Crippen LogP contribution in [0.25, 0.3) is 0 Å². The van der Waals surface area contributed by atoms with Crippen molar-refractivity contribution < 1.29 is 0 Å². The maximum atomic E-state index is 6.00. The van der Waals surface area contributed by atoms with Crippen LogP contribution >= 0.6 is 0 Å². The van der Waals surface area contributed by atoms with Gasteiger partial charge in [-0.05, 0) is 44.6 Å². The van der Waals surface area contributed by atoms with Crippen LogP contribution in [0.3, 0.4) is 0 Å². The number of nitrogens with zero attached hydrogens (tertiary/aromatic N) is 1. The van der Waals surface area contributed by atoms with E-state index in [2.05, 4.69) is 18.7 Å². The molecule has 2 heteroatoms. The normalized spacial score (nSPS) is 40.6. The number of nitrogens with two attached hydrogens (primary N) is 1. The van der Waals surface area contributed by atoms with E-state index in [-0.39, 0.29) is 0 Å². The molecule has 1 heterocycles. The summed E-state index contributed by atoms with van der Waals surface area (Å²) in [5.74, 6) is 1.66. The smallest absolute Gasteiger partial charge is 0.0121 e. The second-order valence-electron chi connectivity index (χ2n) is 5.73. The molecule has 4 unspecified atom stereocenters. The Morgan fingerprint density at radius 2 is 1.93 bits per heavy atom. The van der Waals surface area contributed by atoms with Crippen LogP contribution in [0.15, 0.2) is 0 Å². The molecule has 2 nitrogen and oxygen atoms in total. The molecule has 0 radical (unpaired) electrons. The first-order chi connectivity index (χ1) is 7.18. The van der Waals surface area contributed by atoms with E-state index in [9.17, 15) is 0 Å². The van der Waals surface area contributed by atoms with E-state index in [1.54, 1.807) is 0 Å². The zero-order chi connectivity index (χ0) is 10.8. The number of rotatable bonds is 2. The first kappa shape index (κ1) is 11.4. The molecule has 0 aromatic heterocycles. The van der Waals surface area contributed by atoms with Gasteiger partial charge < -0.3 is 5.73 Å². The molecule has 1 saturated carbocycles. The molecule has 4 atom stereocenters. The van der Waals surface area contributed by atoms with E-state index >= 15 is 0 Å². The summed E-state index contributed by atoms with van der Waals surface area (Å²) in [6.45, 7) is 7.15. The summed E-state index contributed by atoms with van der Waals surface area (Å²) < 4.78 is 0. The molecule has 0 bridgehead atoms. The highest BCUT2D eigenvalue weighted by Gasteiger charge is 2.33. The SMILES string of the molecule is CC(N)C1CCN(C2CCCCC2C)C1. The minimum atomic E-state index is 0.383. The fraction of sp³-hybridized carbons (Fsp3) is 1.00. The third kappa shape index (κ3) is 2.54. The average molecular weight is 210 g/mol. The molecule has 88 valence electrons. The number of hydrogen-bond donors (Lipinski definition) is 1. The van der Waals surface area contributed by atoms with Crippen molar-refractivity contribution in [2.75, 3.05) is 13.1 Å². The summed E-state index contributed by atoms with van der Waals surface area (Å²) in [5, 5.41) is 0. The van der Waals surface area contributed by atoms with E-state index in [4.69, 9.17) is 5.73 Å². The van der Waals surface area contributed by atoms with Gasteiger partial charge >= 0.3 is 0 Å². The molecule has 1 aliphatic heterocycles. The maximum Gasteiger partial charge on any atom is 0.0121 e. The van der Waals surface area contributed by atoms with Gasteiger partial charge in [-0.15, -0.1) is 0 Å². The lowest BCUT2D eigenvalue weighted by atomic mass is 9.85. The summed E-state index contributed by atoms with van der Waals surface area (Å²) >= 11 is 0. The Hall–Kier alpha value is -0.0800. The molecule has 0 aromatic rings. The van der Waals surface area contributed by atoms with Crippen molar-refractivity contribution in [3.05, 3.63) is 0 Å². The van der Waals surface area contributed by atoms with Gasteiger partial charge in [0.25, 0.3) is 0 Å². The lowest BCUT2D eigenvalue weighted by Crippen LogP contribution is -2.41. The van der Waals surface area contributed by atoms with Crippen LogP contribution in [0.1, 0.15) is 46.0 Å². The molecule has 15 heavy (non-hydrogen) atoms. The van der Waals surface area contributed by atoms with Gasteiger partial charge in [0.05, 0.1) is 0 Å². The van der Waals surface area contributed by atoms with Gasteiger partial charge in [0.2, 0.25) is 0 Å². The summed E-state index contributed by atoms with van der Waals surface area (Å²) in [7, 11) is 0. The van der Waals surface area contributed by atoms with Gasteiger partial charge in [0, 0.05) is 18.6 Å². The van der Waals surface area contributed by atoms with Crippen molar-refractivity contribution in [3.8, 4) is 0 Å². The van der Waals surface area contributed by atoms with Gasteiger partial charge in [-0.3, -0.25) is 4.90 Å². The zero-order valence-electron chi connectivity index (χ0n) is 10.3. The number of hydrogen-bond acceptors (Lipinski definition) is 2. The fourth-order valence-corrected chi connectivity index (χ4v) is 3.38. The molecule has 2 fully saturated rings. The van der Waals surface area contributed by atoms with Crippen molar-refractivity contribution in [3.63, 3.8) is 0 Å². The van der Waals surface area contributed by atoms with Crippen LogP contribution in [0.4, 0.5) is 0 Å². The Balaban J connectivity index is 1.89. The highest BCUT2D eigenvalue weighted by Crippen LogP contribution is 2.32. The Morgan fingerprint density at radius 3 is 2.53 bits per heavy atom. The molecule has 1 aliphatic carbocycles.